The first-order valence-corrected chi connectivity index (χ1v) is 8.70. The number of hydrogen-bond acceptors (Lipinski definition) is 4. The molecule has 0 aliphatic heterocycles. The fraction of sp³-hybridized carbons (Fsp3) is 0.0952. The summed E-state index contributed by atoms with van der Waals surface area (Å²) in [6.07, 6.45) is -3.15. The number of rotatable bonds is 4. The first kappa shape index (κ1) is 20.8. The zero-order valence-electron chi connectivity index (χ0n) is 15.6. The second-order valence-electron chi connectivity index (χ2n) is 6.39. The van der Waals surface area contributed by atoms with Crippen molar-refractivity contribution in [1.29, 1.82) is 0 Å². The second-order valence-corrected chi connectivity index (χ2v) is 6.39. The lowest BCUT2D eigenvalue weighted by Crippen LogP contribution is -2.15. The van der Waals surface area contributed by atoms with E-state index < -0.39 is 23.6 Å². The van der Waals surface area contributed by atoms with Crippen LogP contribution in [-0.2, 0) is 6.18 Å². The molecule has 154 valence electrons. The van der Waals surface area contributed by atoms with Gasteiger partial charge in [0, 0.05) is 23.1 Å². The van der Waals surface area contributed by atoms with E-state index in [4.69, 9.17) is 0 Å². The summed E-state index contributed by atoms with van der Waals surface area (Å²) in [4.78, 5) is 28.3. The van der Waals surface area contributed by atoms with Gasteiger partial charge in [-0.15, -0.1) is 0 Å². The van der Waals surface area contributed by atoms with E-state index in [9.17, 15) is 27.9 Å². The maximum absolute atomic E-state index is 12.8. The van der Waals surface area contributed by atoms with Crippen LogP contribution in [0.4, 0.5) is 24.5 Å². The van der Waals surface area contributed by atoms with E-state index >= 15 is 0 Å². The Bertz CT molecular complexity index is 1100. The molecule has 2 amide bonds. The number of alkyl halides is 3. The molecule has 0 bridgehead atoms. The first-order chi connectivity index (χ1) is 14.1. The Labute approximate surface area is 169 Å². The summed E-state index contributed by atoms with van der Waals surface area (Å²) in [5.74, 6) is -1.54. The molecule has 3 N–H and O–H groups in total. The largest absolute Gasteiger partial charge is 0.505 e. The molecule has 0 aliphatic rings. The predicted molar refractivity (Wildman–Crippen MR) is 104 cm³/mol. The van der Waals surface area contributed by atoms with E-state index in [1.54, 1.807) is 13.0 Å². The van der Waals surface area contributed by atoms with E-state index in [0.29, 0.717) is 16.9 Å². The van der Waals surface area contributed by atoms with Crippen molar-refractivity contribution in [2.45, 2.75) is 13.1 Å². The molecule has 0 unspecified atom stereocenters. The average molecular weight is 415 g/mol. The molecule has 0 saturated heterocycles. The summed E-state index contributed by atoms with van der Waals surface area (Å²) in [6, 6.07) is 11.6. The van der Waals surface area contributed by atoms with Gasteiger partial charge in [0.25, 0.3) is 11.8 Å². The number of nitrogens with one attached hydrogen (secondary N) is 2. The minimum atomic E-state index is -4.54. The normalized spacial score (nSPS) is 11.1. The van der Waals surface area contributed by atoms with E-state index in [-0.39, 0.29) is 17.0 Å². The van der Waals surface area contributed by atoms with Gasteiger partial charge in [-0.25, -0.2) is 4.98 Å². The van der Waals surface area contributed by atoms with E-state index in [1.165, 1.54) is 36.5 Å². The van der Waals surface area contributed by atoms with Crippen molar-refractivity contribution in [3.63, 3.8) is 0 Å². The third-order valence-corrected chi connectivity index (χ3v) is 4.19. The summed E-state index contributed by atoms with van der Waals surface area (Å²) in [7, 11) is 0. The smallest absolute Gasteiger partial charge is 0.416 e. The quantitative estimate of drug-likeness (QED) is 0.580. The van der Waals surface area contributed by atoms with Crippen LogP contribution in [0.2, 0.25) is 0 Å². The highest BCUT2D eigenvalue weighted by Gasteiger charge is 2.30. The van der Waals surface area contributed by atoms with Gasteiger partial charge in [0.2, 0.25) is 0 Å². The molecule has 2 aromatic carbocycles. The SMILES string of the molecule is Cc1ccnc(C(=O)Nc2ccc(NC(=O)c3cccc(C(F)(F)F)c3)cc2)c1O. The van der Waals surface area contributed by atoms with Crippen LogP contribution in [0, 0.1) is 6.92 Å². The fourth-order valence-corrected chi connectivity index (χ4v) is 2.58. The van der Waals surface area contributed by atoms with Crippen LogP contribution in [0.15, 0.2) is 60.8 Å². The van der Waals surface area contributed by atoms with Crippen molar-refractivity contribution in [2.24, 2.45) is 0 Å². The third-order valence-electron chi connectivity index (χ3n) is 4.19. The zero-order chi connectivity index (χ0) is 21.9. The maximum atomic E-state index is 12.8. The molecule has 1 heterocycles. The van der Waals surface area contributed by atoms with Gasteiger partial charge in [-0.3, -0.25) is 9.59 Å². The minimum absolute atomic E-state index is 0.128. The number of aromatic hydroxyl groups is 1. The van der Waals surface area contributed by atoms with Crippen LogP contribution >= 0.6 is 0 Å². The molecule has 0 spiro atoms. The molecule has 0 aliphatic carbocycles. The Morgan fingerprint density at radius 2 is 1.53 bits per heavy atom. The number of amides is 2. The van der Waals surface area contributed by atoms with Crippen LogP contribution < -0.4 is 10.6 Å². The van der Waals surface area contributed by atoms with Gasteiger partial charge in [-0.05, 0) is 61.0 Å². The highest BCUT2D eigenvalue weighted by molar-refractivity contribution is 6.06. The van der Waals surface area contributed by atoms with E-state index in [0.717, 1.165) is 18.2 Å². The Hall–Kier alpha value is -3.88. The number of hydrogen-bond donors (Lipinski definition) is 3. The highest BCUT2D eigenvalue weighted by atomic mass is 19.4. The summed E-state index contributed by atoms with van der Waals surface area (Å²) >= 11 is 0. The van der Waals surface area contributed by atoms with Gasteiger partial charge in [0.15, 0.2) is 5.69 Å². The molecule has 3 aromatic rings. The molecule has 30 heavy (non-hydrogen) atoms. The summed E-state index contributed by atoms with van der Waals surface area (Å²) < 4.78 is 38.4. The summed E-state index contributed by atoms with van der Waals surface area (Å²) in [6.45, 7) is 1.63. The number of nitrogens with zero attached hydrogens (tertiary/aromatic N) is 1. The van der Waals surface area contributed by atoms with Crippen molar-refractivity contribution < 1.29 is 27.9 Å². The van der Waals surface area contributed by atoms with Crippen LogP contribution in [0.5, 0.6) is 5.75 Å². The fourth-order valence-electron chi connectivity index (χ4n) is 2.58. The molecular weight excluding hydrogens is 399 g/mol. The molecule has 9 heteroatoms. The number of benzene rings is 2. The van der Waals surface area contributed by atoms with E-state index in [2.05, 4.69) is 15.6 Å². The van der Waals surface area contributed by atoms with Gasteiger partial charge in [-0.2, -0.15) is 13.2 Å². The molecule has 6 nitrogen and oxygen atoms in total. The number of anilines is 2. The molecule has 0 saturated carbocycles. The highest BCUT2D eigenvalue weighted by Crippen LogP contribution is 2.29. The zero-order valence-corrected chi connectivity index (χ0v) is 15.6. The monoisotopic (exact) mass is 415 g/mol. The van der Waals surface area contributed by atoms with Crippen LogP contribution in [0.25, 0.3) is 0 Å². The van der Waals surface area contributed by atoms with Crippen LogP contribution in [0.3, 0.4) is 0 Å². The molecule has 3 rings (SSSR count). The third kappa shape index (κ3) is 4.75. The van der Waals surface area contributed by atoms with Crippen molar-refractivity contribution in [1.82, 2.24) is 4.98 Å². The topological polar surface area (TPSA) is 91.3 Å². The molecule has 0 radical (unpaired) electrons. The van der Waals surface area contributed by atoms with Crippen LogP contribution in [0.1, 0.15) is 32.0 Å². The van der Waals surface area contributed by atoms with Crippen molar-refractivity contribution in [2.75, 3.05) is 10.6 Å². The Morgan fingerprint density at radius 1 is 0.933 bits per heavy atom. The number of carbonyl (C=O) groups excluding carboxylic acids is 2. The first-order valence-electron chi connectivity index (χ1n) is 8.70. The average Bonchev–Trinajstić information content (AvgIpc) is 2.71. The van der Waals surface area contributed by atoms with E-state index in [1.807, 2.05) is 0 Å². The number of carbonyl (C=O) groups is 2. The van der Waals surface area contributed by atoms with Crippen molar-refractivity contribution in [3.8, 4) is 5.75 Å². The minimum Gasteiger partial charge on any atom is -0.505 e. The lowest BCUT2D eigenvalue weighted by Gasteiger charge is -2.10. The standard InChI is InChI=1S/C21H16F3N3O3/c1-12-9-10-25-17(18(12)28)20(30)27-16-7-5-15(6-8-16)26-19(29)13-3-2-4-14(11-13)21(22,23)24/h2-11,28H,1H3,(H,26,29)(H,27,30). The van der Waals surface area contributed by atoms with Gasteiger partial charge in [-0.1, -0.05) is 6.07 Å². The summed E-state index contributed by atoms with van der Waals surface area (Å²) in [5.41, 5.74) is 0.0239. The summed E-state index contributed by atoms with van der Waals surface area (Å²) in [5, 5.41) is 15.0. The van der Waals surface area contributed by atoms with Crippen molar-refractivity contribution in [3.05, 3.63) is 83.2 Å². The van der Waals surface area contributed by atoms with Gasteiger partial charge < -0.3 is 15.7 Å². The predicted octanol–water partition coefficient (Wildman–Crippen LogP) is 4.62. The number of aryl methyl sites for hydroxylation is 1. The van der Waals surface area contributed by atoms with Crippen molar-refractivity contribution >= 4 is 23.2 Å². The Balaban J connectivity index is 1.68. The Kier molecular flexibility index (Phi) is 5.72. The molecule has 1 aromatic heterocycles. The number of halogens is 3. The lowest BCUT2D eigenvalue weighted by molar-refractivity contribution is -0.137. The van der Waals surface area contributed by atoms with Gasteiger partial charge in [0.05, 0.1) is 5.56 Å². The Morgan fingerprint density at radius 3 is 2.13 bits per heavy atom. The molecule has 0 fully saturated rings. The maximum Gasteiger partial charge on any atom is 0.416 e. The van der Waals surface area contributed by atoms with Gasteiger partial charge in [0.1, 0.15) is 5.75 Å². The van der Waals surface area contributed by atoms with Gasteiger partial charge >= 0.3 is 6.18 Å². The van der Waals surface area contributed by atoms with Crippen LogP contribution in [-0.4, -0.2) is 21.9 Å². The number of pyridine rings is 1. The molecule has 0 atom stereocenters. The second kappa shape index (κ2) is 8.24. The number of aromatic nitrogens is 1. The molecular formula is C21H16F3N3O3. The lowest BCUT2D eigenvalue weighted by atomic mass is 10.1.